The highest BCUT2D eigenvalue weighted by Gasteiger charge is 2.23. The lowest BCUT2D eigenvalue weighted by atomic mass is 9.77. The van der Waals surface area contributed by atoms with Gasteiger partial charge in [-0.15, -0.1) is 0 Å². The van der Waals surface area contributed by atoms with E-state index in [4.69, 9.17) is 9.47 Å². The van der Waals surface area contributed by atoms with Crippen LogP contribution in [-0.4, -0.2) is 19.3 Å². The SMILES string of the molecule is CCCC[C@H]1CO[C@H](c2ccc(-c3ccc(C4CCC(CC)CC4)cc3)cc2)CO1. The van der Waals surface area contributed by atoms with Crippen LogP contribution in [0.1, 0.15) is 88.4 Å². The third-order valence-corrected chi connectivity index (χ3v) is 7.27. The van der Waals surface area contributed by atoms with Gasteiger partial charge in [-0.1, -0.05) is 81.6 Å². The lowest BCUT2D eigenvalue weighted by Crippen LogP contribution is -2.31. The van der Waals surface area contributed by atoms with Gasteiger partial charge in [0.2, 0.25) is 0 Å². The lowest BCUT2D eigenvalue weighted by molar-refractivity contribution is -0.137. The van der Waals surface area contributed by atoms with E-state index in [1.807, 2.05) is 0 Å². The quantitative estimate of drug-likeness (QED) is 0.469. The van der Waals surface area contributed by atoms with Gasteiger partial charge < -0.3 is 9.47 Å². The molecule has 162 valence electrons. The minimum Gasteiger partial charge on any atom is -0.373 e. The maximum Gasteiger partial charge on any atom is 0.106 e. The largest absolute Gasteiger partial charge is 0.373 e. The number of benzene rings is 2. The number of hydrogen-bond donors (Lipinski definition) is 0. The highest BCUT2D eigenvalue weighted by molar-refractivity contribution is 5.64. The van der Waals surface area contributed by atoms with Crippen LogP contribution in [0, 0.1) is 5.92 Å². The van der Waals surface area contributed by atoms with E-state index in [1.165, 1.54) is 67.2 Å². The van der Waals surface area contributed by atoms with Crippen molar-refractivity contribution in [1.29, 1.82) is 0 Å². The Morgan fingerprint density at radius 3 is 1.90 bits per heavy atom. The van der Waals surface area contributed by atoms with Crippen LogP contribution in [0.3, 0.4) is 0 Å². The van der Waals surface area contributed by atoms with Gasteiger partial charge in [-0.3, -0.25) is 0 Å². The monoisotopic (exact) mass is 406 g/mol. The number of ether oxygens (including phenoxy) is 2. The second kappa shape index (κ2) is 10.6. The molecule has 2 heteroatoms. The predicted molar refractivity (Wildman–Crippen MR) is 125 cm³/mol. The molecule has 1 aliphatic carbocycles. The van der Waals surface area contributed by atoms with Crippen molar-refractivity contribution in [3.8, 4) is 11.1 Å². The molecule has 2 atom stereocenters. The Bertz CT molecular complexity index is 748. The van der Waals surface area contributed by atoms with E-state index in [9.17, 15) is 0 Å². The van der Waals surface area contributed by atoms with Crippen LogP contribution in [0.5, 0.6) is 0 Å². The van der Waals surface area contributed by atoms with E-state index in [-0.39, 0.29) is 12.2 Å². The fraction of sp³-hybridized carbons (Fsp3) is 0.571. The first-order chi connectivity index (χ1) is 14.8. The Morgan fingerprint density at radius 1 is 0.733 bits per heavy atom. The predicted octanol–water partition coefficient (Wildman–Crippen LogP) is 7.68. The van der Waals surface area contributed by atoms with E-state index in [1.54, 1.807) is 0 Å². The van der Waals surface area contributed by atoms with Crippen LogP contribution >= 0.6 is 0 Å². The van der Waals surface area contributed by atoms with Gasteiger partial charge in [-0.05, 0) is 66.2 Å². The maximum absolute atomic E-state index is 6.09. The van der Waals surface area contributed by atoms with Crippen LogP contribution < -0.4 is 0 Å². The standard InChI is InChI=1S/C28H38O2/c1-3-5-6-27-19-30-28(20-29-27)26-17-15-25(16-18-26)24-13-11-23(12-14-24)22-9-7-21(4-2)8-10-22/h11-18,21-22,27-28H,3-10,19-20H2,1-2H3/t21?,22?,27-,28-/m0/s1. The summed E-state index contributed by atoms with van der Waals surface area (Å²) in [6, 6.07) is 18.2. The molecule has 0 amide bonds. The van der Waals surface area contributed by atoms with Gasteiger partial charge >= 0.3 is 0 Å². The van der Waals surface area contributed by atoms with Crippen molar-refractivity contribution in [3.05, 3.63) is 59.7 Å². The summed E-state index contributed by atoms with van der Waals surface area (Å²) in [6.07, 6.45) is 10.7. The Balaban J connectivity index is 1.33. The molecular formula is C28H38O2. The van der Waals surface area contributed by atoms with Gasteiger partial charge in [0, 0.05) is 0 Å². The zero-order valence-corrected chi connectivity index (χ0v) is 18.8. The molecule has 2 nitrogen and oxygen atoms in total. The van der Waals surface area contributed by atoms with Gasteiger partial charge in [-0.25, -0.2) is 0 Å². The molecule has 1 aliphatic heterocycles. The molecule has 2 aromatic carbocycles. The van der Waals surface area contributed by atoms with Gasteiger partial charge in [0.15, 0.2) is 0 Å². The zero-order chi connectivity index (χ0) is 20.8. The molecule has 0 bridgehead atoms. The van der Waals surface area contributed by atoms with Crippen molar-refractivity contribution in [2.45, 2.75) is 83.3 Å². The summed E-state index contributed by atoms with van der Waals surface area (Å²) >= 11 is 0. The summed E-state index contributed by atoms with van der Waals surface area (Å²) in [5.41, 5.74) is 5.32. The average molecular weight is 407 g/mol. The van der Waals surface area contributed by atoms with Crippen molar-refractivity contribution >= 4 is 0 Å². The summed E-state index contributed by atoms with van der Waals surface area (Å²) in [7, 11) is 0. The van der Waals surface area contributed by atoms with Gasteiger partial charge in [-0.2, -0.15) is 0 Å². The zero-order valence-electron chi connectivity index (χ0n) is 18.8. The van der Waals surface area contributed by atoms with Gasteiger partial charge in [0.25, 0.3) is 0 Å². The van der Waals surface area contributed by atoms with Crippen molar-refractivity contribution < 1.29 is 9.47 Å². The Hall–Kier alpha value is -1.64. The molecule has 30 heavy (non-hydrogen) atoms. The third kappa shape index (κ3) is 5.34. The molecule has 0 radical (unpaired) electrons. The summed E-state index contributed by atoms with van der Waals surface area (Å²) in [6.45, 7) is 5.94. The first-order valence-electron chi connectivity index (χ1n) is 12.2. The minimum atomic E-state index is 0.0672. The molecule has 1 saturated heterocycles. The number of hydrogen-bond acceptors (Lipinski definition) is 2. The maximum atomic E-state index is 6.09. The molecule has 0 spiro atoms. The van der Waals surface area contributed by atoms with Gasteiger partial charge in [0.1, 0.15) is 6.10 Å². The minimum absolute atomic E-state index is 0.0672. The number of unbranched alkanes of at least 4 members (excludes halogenated alkanes) is 1. The topological polar surface area (TPSA) is 18.5 Å². The van der Waals surface area contributed by atoms with E-state index < -0.39 is 0 Å². The molecule has 1 saturated carbocycles. The van der Waals surface area contributed by atoms with E-state index in [0.29, 0.717) is 13.2 Å². The molecule has 1 heterocycles. The highest BCUT2D eigenvalue weighted by Crippen LogP contribution is 2.37. The third-order valence-electron chi connectivity index (χ3n) is 7.27. The van der Waals surface area contributed by atoms with E-state index in [2.05, 4.69) is 62.4 Å². The highest BCUT2D eigenvalue weighted by atomic mass is 16.6. The van der Waals surface area contributed by atoms with Gasteiger partial charge in [0.05, 0.1) is 19.3 Å². The molecule has 2 fully saturated rings. The molecular weight excluding hydrogens is 368 g/mol. The van der Waals surface area contributed by atoms with Crippen LogP contribution in [-0.2, 0) is 9.47 Å². The van der Waals surface area contributed by atoms with Crippen molar-refractivity contribution in [3.63, 3.8) is 0 Å². The van der Waals surface area contributed by atoms with Crippen molar-refractivity contribution in [2.24, 2.45) is 5.92 Å². The number of rotatable bonds is 7. The fourth-order valence-electron chi connectivity index (χ4n) is 5.08. The van der Waals surface area contributed by atoms with Crippen LogP contribution in [0.25, 0.3) is 11.1 Å². The normalized spacial score (nSPS) is 27.1. The molecule has 0 N–H and O–H groups in total. The second-order valence-corrected chi connectivity index (χ2v) is 9.29. The Labute approximate surface area is 183 Å². The smallest absolute Gasteiger partial charge is 0.106 e. The van der Waals surface area contributed by atoms with Crippen LogP contribution in [0.2, 0.25) is 0 Å². The lowest BCUT2D eigenvalue weighted by Gasteiger charge is -2.30. The second-order valence-electron chi connectivity index (χ2n) is 9.29. The molecule has 0 aromatic heterocycles. The Morgan fingerprint density at radius 2 is 1.37 bits per heavy atom. The van der Waals surface area contributed by atoms with Crippen LogP contribution in [0.4, 0.5) is 0 Å². The molecule has 2 aromatic rings. The van der Waals surface area contributed by atoms with Crippen molar-refractivity contribution in [2.75, 3.05) is 13.2 Å². The van der Waals surface area contributed by atoms with Crippen molar-refractivity contribution in [1.82, 2.24) is 0 Å². The summed E-state index contributed by atoms with van der Waals surface area (Å²) < 4.78 is 12.1. The Kier molecular flexibility index (Phi) is 7.62. The summed E-state index contributed by atoms with van der Waals surface area (Å²) in [4.78, 5) is 0. The molecule has 4 rings (SSSR count). The van der Waals surface area contributed by atoms with E-state index in [0.717, 1.165) is 18.3 Å². The summed E-state index contributed by atoms with van der Waals surface area (Å²) in [5.74, 6) is 1.72. The fourth-order valence-corrected chi connectivity index (χ4v) is 5.08. The first kappa shape index (κ1) is 21.6. The van der Waals surface area contributed by atoms with Crippen LogP contribution in [0.15, 0.2) is 48.5 Å². The molecule has 2 aliphatic rings. The summed E-state index contributed by atoms with van der Waals surface area (Å²) in [5, 5.41) is 0. The molecule has 0 unspecified atom stereocenters. The van der Waals surface area contributed by atoms with E-state index >= 15 is 0 Å². The first-order valence-corrected chi connectivity index (χ1v) is 12.2. The average Bonchev–Trinajstić information content (AvgIpc) is 2.83.